The van der Waals surface area contributed by atoms with Crippen LogP contribution in [-0.4, -0.2) is 25.2 Å². The van der Waals surface area contributed by atoms with E-state index in [1.165, 1.54) is 6.92 Å². The Bertz CT molecular complexity index is 684. The van der Waals surface area contributed by atoms with Crippen LogP contribution in [0, 0.1) is 0 Å². The Balaban J connectivity index is 2.20. The summed E-state index contributed by atoms with van der Waals surface area (Å²) in [6, 6.07) is 6.90. The number of halogens is 1. The third kappa shape index (κ3) is 1.39. The van der Waals surface area contributed by atoms with Crippen LogP contribution < -0.4 is 0 Å². The van der Waals surface area contributed by atoms with E-state index < -0.39 is 31.0 Å². The second-order valence-electron chi connectivity index (χ2n) is 5.27. The van der Waals surface area contributed by atoms with E-state index in [2.05, 4.69) is 15.9 Å². The van der Waals surface area contributed by atoms with Crippen molar-refractivity contribution in [3.05, 3.63) is 29.8 Å². The molecule has 1 aromatic carbocycles. The van der Waals surface area contributed by atoms with Crippen LogP contribution in [0.25, 0.3) is 0 Å². The minimum atomic E-state index is -3.35. The van der Waals surface area contributed by atoms with E-state index in [0.29, 0.717) is 16.9 Å². The van der Waals surface area contributed by atoms with Crippen molar-refractivity contribution in [3.8, 4) is 0 Å². The van der Waals surface area contributed by atoms with Crippen molar-refractivity contribution in [1.29, 1.82) is 0 Å². The normalized spacial score (nSPS) is 37.9. The van der Waals surface area contributed by atoms with Gasteiger partial charge in [-0.3, -0.25) is 4.79 Å². The molecule has 0 unspecified atom stereocenters. The number of benzene rings is 1. The fraction of sp³-hybridized carbons (Fsp3) is 0.462. The Hall–Kier alpha value is -0.880. The van der Waals surface area contributed by atoms with Crippen LogP contribution in [0.5, 0.6) is 0 Å². The summed E-state index contributed by atoms with van der Waals surface area (Å²) in [7, 11) is -3.35. The second-order valence-corrected chi connectivity index (χ2v) is 8.62. The van der Waals surface area contributed by atoms with Gasteiger partial charge in [0, 0.05) is 13.3 Å². The van der Waals surface area contributed by atoms with Gasteiger partial charge in [0.25, 0.3) is 0 Å². The van der Waals surface area contributed by atoms with Gasteiger partial charge in [-0.05, 0) is 18.6 Å². The summed E-state index contributed by atoms with van der Waals surface area (Å²) in [6.07, 6.45) is 0.314. The molecule has 4 nitrogen and oxygen atoms in total. The van der Waals surface area contributed by atoms with Crippen molar-refractivity contribution in [2.75, 3.05) is 0 Å². The van der Waals surface area contributed by atoms with Gasteiger partial charge in [-0.15, -0.1) is 0 Å². The lowest BCUT2D eigenvalue weighted by Crippen LogP contribution is -2.65. The molecule has 0 aromatic heterocycles. The van der Waals surface area contributed by atoms with Crippen LogP contribution in [0.3, 0.4) is 0 Å². The minimum Gasteiger partial charge on any atom is -0.458 e. The van der Waals surface area contributed by atoms with Crippen LogP contribution in [0.4, 0.5) is 0 Å². The van der Waals surface area contributed by atoms with Crippen molar-refractivity contribution in [2.45, 2.75) is 40.3 Å². The zero-order chi connectivity index (χ0) is 14.1. The predicted octanol–water partition coefficient (Wildman–Crippen LogP) is 2.16. The van der Waals surface area contributed by atoms with E-state index in [1.807, 2.05) is 0 Å². The highest BCUT2D eigenvalue weighted by atomic mass is 79.9. The highest BCUT2D eigenvalue weighted by Gasteiger charge is 2.74. The number of rotatable bonds is 1. The van der Waals surface area contributed by atoms with Crippen molar-refractivity contribution < 1.29 is 17.9 Å². The molecule has 0 amide bonds. The second kappa shape index (κ2) is 3.61. The molecule has 6 heteroatoms. The Morgan fingerprint density at radius 2 is 2.05 bits per heavy atom. The Morgan fingerprint density at radius 3 is 2.68 bits per heavy atom. The first kappa shape index (κ1) is 13.1. The number of carbonyl (C=O) groups excluding carboxylic acids is 1. The van der Waals surface area contributed by atoms with E-state index in [4.69, 9.17) is 4.74 Å². The first-order valence-electron chi connectivity index (χ1n) is 5.95. The predicted molar refractivity (Wildman–Crippen MR) is 72.8 cm³/mol. The van der Waals surface area contributed by atoms with Crippen molar-refractivity contribution in [1.82, 2.24) is 0 Å². The maximum atomic E-state index is 12.5. The van der Waals surface area contributed by atoms with Gasteiger partial charge in [-0.1, -0.05) is 34.1 Å². The minimum absolute atomic E-state index is 0.314. The van der Waals surface area contributed by atoms with Gasteiger partial charge >= 0.3 is 5.97 Å². The molecule has 3 atom stereocenters. The van der Waals surface area contributed by atoms with Gasteiger partial charge in [0.15, 0.2) is 9.84 Å². The zero-order valence-electron chi connectivity index (χ0n) is 10.5. The molecule has 102 valence electrons. The largest absolute Gasteiger partial charge is 0.458 e. The fourth-order valence-electron chi connectivity index (χ4n) is 3.24. The monoisotopic (exact) mass is 344 g/mol. The molecule has 0 saturated heterocycles. The van der Waals surface area contributed by atoms with Crippen molar-refractivity contribution >= 4 is 31.7 Å². The lowest BCUT2D eigenvalue weighted by molar-refractivity contribution is -0.169. The highest BCUT2D eigenvalue weighted by Crippen LogP contribution is 2.66. The van der Waals surface area contributed by atoms with Crippen LogP contribution in [0.2, 0.25) is 0 Å². The van der Waals surface area contributed by atoms with Crippen LogP contribution in [0.1, 0.15) is 25.8 Å². The summed E-state index contributed by atoms with van der Waals surface area (Å²) in [4.78, 5) is 11.6. The number of esters is 1. The van der Waals surface area contributed by atoms with Gasteiger partial charge in [-0.2, -0.15) is 0 Å². The number of sulfone groups is 1. The number of alkyl halides is 1. The summed E-state index contributed by atoms with van der Waals surface area (Å²) < 4.78 is 29.5. The summed E-state index contributed by atoms with van der Waals surface area (Å²) in [5, 5.41) is -0.568. The molecular formula is C13H13BrO4S. The number of ether oxygens (including phenoxy) is 1. The molecule has 19 heavy (non-hydrogen) atoms. The number of hydrogen-bond donors (Lipinski definition) is 0. The topological polar surface area (TPSA) is 60.4 Å². The zero-order valence-corrected chi connectivity index (χ0v) is 12.9. The first-order chi connectivity index (χ1) is 8.73. The lowest BCUT2D eigenvalue weighted by atomic mass is 9.66. The smallest absolute Gasteiger partial charge is 0.303 e. The van der Waals surface area contributed by atoms with Crippen LogP contribution in [0.15, 0.2) is 29.2 Å². The Morgan fingerprint density at radius 1 is 1.42 bits per heavy atom. The van der Waals surface area contributed by atoms with Gasteiger partial charge in [0.05, 0.1) is 10.1 Å². The molecule has 0 radical (unpaired) electrons. The molecule has 3 rings (SSSR count). The molecule has 0 bridgehead atoms. The summed E-state index contributed by atoms with van der Waals surface area (Å²) in [5.74, 6) is -0.401. The van der Waals surface area contributed by atoms with Crippen LogP contribution in [-0.2, 0) is 23.7 Å². The van der Waals surface area contributed by atoms with Gasteiger partial charge in [0.2, 0.25) is 0 Å². The summed E-state index contributed by atoms with van der Waals surface area (Å²) in [6.45, 7) is 3.11. The van der Waals surface area contributed by atoms with Crippen LogP contribution >= 0.6 is 15.9 Å². The van der Waals surface area contributed by atoms with E-state index >= 15 is 0 Å². The molecule has 1 aliphatic carbocycles. The van der Waals surface area contributed by atoms with E-state index in [1.54, 1.807) is 31.2 Å². The molecular weight excluding hydrogens is 332 g/mol. The SMILES string of the molecule is CC(=O)O[C@]1(C)C[C@H]2[C@@]1(Br)c1ccccc1S2(=O)=O. The van der Waals surface area contributed by atoms with Crippen molar-refractivity contribution in [3.63, 3.8) is 0 Å². The first-order valence-corrected chi connectivity index (χ1v) is 8.29. The number of carbonyl (C=O) groups is 1. The summed E-state index contributed by atoms with van der Waals surface area (Å²) >= 11 is 3.56. The average molecular weight is 345 g/mol. The molecule has 0 N–H and O–H groups in total. The molecule has 1 saturated carbocycles. The highest BCUT2D eigenvalue weighted by molar-refractivity contribution is 9.09. The van der Waals surface area contributed by atoms with Gasteiger partial charge < -0.3 is 4.74 Å². The Kier molecular flexibility index (Phi) is 2.49. The van der Waals surface area contributed by atoms with Gasteiger partial charge in [0.1, 0.15) is 9.93 Å². The molecule has 0 spiro atoms. The standard InChI is InChI=1S/C13H13BrO4S/c1-8(15)18-12(2)7-11-13(12,14)9-5-3-4-6-10(9)19(11,16)17/h3-6,11H,7H2,1-2H3/t11-,12+,13-/m0/s1. The molecule has 1 aromatic rings. The number of fused-ring (bicyclic) bond motifs is 3. The molecule has 1 aliphatic heterocycles. The maximum absolute atomic E-state index is 12.5. The average Bonchev–Trinajstić information content (AvgIpc) is 2.47. The van der Waals surface area contributed by atoms with Crippen molar-refractivity contribution in [2.24, 2.45) is 0 Å². The van der Waals surface area contributed by atoms with E-state index in [0.717, 1.165) is 0 Å². The lowest BCUT2D eigenvalue weighted by Gasteiger charge is -2.54. The van der Waals surface area contributed by atoms with E-state index in [9.17, 15) is 13.2 Å². The third-order valence-electron chi connectivity index (χ3n) is 4.12. The molecule has 1 fully saturated rings. The fourth-order valence-corrected chi connectivity index (χ4v) is 7.31. The summed E-state index contributed by atoms with van der Waals surface area (Å²) in [5.41, 5.74) is -0.140. The molecule has 2 aliphatic rings. The quantitative estimate of drug-likeness (QED) is 0.578. The van der Waals surface area contributed by atoms with Gasteiger partial charge in [-0.25, -0.2) is 8.42 Å². The van der Waals surface area contributed by atoms with E-state index in [-0.39, 0.29) is 0 Å². The molecule has 1 heterocycles. The number of hydrogen-bond acceptors (Lipinski definition) is 4. The third-order valence-corrected chi connectivity index (χ3v) is 8.48. The Labute approximate surface area is 120 Å². The maximum Gasteiger partial charge on any atom is 0.303 e.